The molecule has 2 aromatic rings. The van der Waals surface area contributed by atoms with Crippen LogP contribution in [0.15, 0.2) is 28.8 Å². The van der Waals surface area contributed by atoms with Gasteiger partial charge in [-0.15, -0.1) is 0 Å². The summed E-state index contributed by atoms with van der Waals surface area (Å²) in [6, 6.07) is 8.55. The molecule has 6 heteroatoms. The normalized spacial score (nSPS) is 19.6. The molecule has 1 aromatic heterocycles. The summed E-state index contributed by atoms with van der Waals surface area (Å²) < 4.78 is 5.55. The SMILES string of the molecule is Cc1ccc(-c2noc(C3CCN(CC(=O)NC4CCCCC4)CC3)n2)cc1. The number of aryl methyl sites for hydroxylation is 1. The fraction of sp³-hybridized carbons (Fsp3) is 0.591. The van der Waals surface area contributed by atoms with Crippen LogP contribution in [0.4, 0.5) is 0 Å². The maximum absolute atomic E-state index is 12.3. The second-order valence-corrected chi connectivity index (χ2v) is 8.28. The summed E-state index contributed by atoms with van der Waals surface area (Å²) in [6.45, 7) is 4.35. The van der Waals surface area contributed by atoms with Gasteiger partial charge < -0.3 is 9.84 Å². The van der Waals surface area contributed by atoms with Crippen molar-refractivity contribution >= 4 is 5.91 Å². The number of aromatic nitrogens is 2. The summed E-state index contributed by atoms with van der Waals surface area (Å²) >= 11 is 0. The molecule has 2 aliphatic rings. The van der Waals surface area contributed by atoms with E-state index in [-0.39, 0.29) is 11.8 Å². The number of benzene rings is 1. The predicted octanol–water partition coefficient (Wildman–Crippen LogP) is 3.67. The molecule has 2 fully saturated rings. The van der Waals surface area contributed by atoms with Crippen LogP contribution in [-0.4, -0.2) is 46.6 Å². The van der Waals surface area contributed by atoms with E-state index in [2.05, 4.69) is 39.4 Å². The van der Waals surface area contributed by atoms with E-state index in [4.69, 9.17) is 4.52 Å². The fourth-order valence-corrected chi connectivity index (χ4v) is 4.28. The molecular weight excluding hydrogens is 352 g/mol. The first-order chi connectivity index (χ1) is 13.7. The molecule has 1 N–H and O–H groups in total. The number of carbonyl (C=O) groups excluding carboxylic acids is 1. The first-order valence-electron chi connectivity index (χ1n) is 10.6. The highest BCUT2D eigenvalue weighted by molar-refractivity contribution is 5.78. The zero-order chi connectivity index (χ0) is 19.3. The summed E-state index contributed by atoms with van der Waals surface area (Å²) in [4.78, 5) is 19.2. The number of rotatable bonds is 5. The molecule has 0 spiro atoms. The van der Waals surface area contributed by atoms with Crippen LogP contribution in [0.1, 0.15) is 62.3 Å². The summed E-state index contributed by atoms with van der Waals surface area (Å²) in [5.41, 5.74) is 2.20. The van der Waals surface area contributed by atoms with Gasteiger partial charge in [-0.25, -0.2) is 0 Å². The average molecular weight is 383 g/mol. The molecule has 1 saturated carbocycles. The van der Waals surface area contributed by atoms with Gasteiger partial charge in [0.15, 0.2) is 0 Å². The van der Waals surface area contributed by atoms with Gasteiger partial charge in [0, 0.05) is 17.5 Å². The van der Waals surface area contributed by atoms with Crippen LogP contribution in [-0.2, 0) is 4.79 Å². The Morgan fingerprint density at radius 3 is 2.54 bits per heavy atom. The molecule has 1 aliphatic carbocycles. The third-order valence-electron chi connectivity index (χ3n) is 6.03. The largest absolute Gasteiger partial charge is 0.352 e. The van der Waals surface area contributed by atoms with Crippen LogP contribution >= 0.6 is 0 Å². The van der Waals surface area contributed by atoms with E-state index in [1.54, 1.807) is 0 Å². The van der Waals surface area contributed by atoms with Crippen molar-refractivity contribution in [2.75, 3.05) is 19.6 Å². The smallest absolute Gasteiger partial charge is 0.234 e. The number of hydrogen-bond donors (Lipinski definition) is 1. The second-order valence-electron chi connectivity index (χ2n) is 8.28. The lowest BCUT2D eigenvalue weighted by atomic mass is 9.95. The van der Waals surface area contributed by atoms with E-state index in [1.165, 1.54) is 24.8 Å². The van der Waals surface area contributed by atoms with Gasteiger partial charge in [0.05, 0.1) is 6.54 Å². The number of piperidine rings is 1. The van der Waals surface area contributed by atoms with E-state index in [1.807, 2.05) is 12.1 Å². The molecule has 1 aliphatic heterocycles. The van der Waals surface area contributed by atoms with Crippen molar-refractivity contribution in [2.45, 2.75) is 63.8 Å². The number of nitrogens with zero attached hydrogens (tertiary/aromatic N) is 3. The van der Waals surface area contributed by atoms with Crippen molar-refractivity contribution in [3.8, 4) is 11.4 Å². The molecule has 1 amide bonds. The van der Waals surface area contributed by atoms with E-state index in [0.29, 0.717) is 18.4 Å². The van der Waals surface area contributed by atoms with E-state index in [9.17, 15) is 4.79 Å². The third-order valence-corrected chi connectivity index (χ3v) is 6.03. The predicted molar refractivity (Wildman–Crippen MR) is 108 cm³/mol. The molecule has 1 saturated heterocycles. The summed E-state index contributed by atoms with van der Waals surface area (Å²) in [5, 5.41) is 7.37. The molecule has 6 nitrogen and oxygen atoms in total. The van der Waals surface area contributed by atoms with E-state index in [0.717, 1.165) is 50.2 Å². The Bertz CT molecular complexity index is 772. The van der Waals surface area contributed by atoms with Gasteiger partial charge >= 0.3 is 0 Å². The summed E-state index contributed by atoms with van der Waals surface area (Å²) in [6.07, 6.45) is 7.96. The Morgan fingerprint density at radius 2 is 1.82 bits per heavy atom. The minimum Gasteiger partial charge on any atom is -0.352 e. The van der Waals surface area contributed by atoms with Crippen LogP contribution in [0.3, 0.4) is 0 Å². The fourth-order valence-electron chi connectivity index (χ4n) is 4.28. The van der Waals surface area contributed by atoms with Crippen LogP contribution < -0.4 is 5.32 Å². The van der Waals surface area contributed by atoms with Crippen molar-refractivity contribution in [3.05, 3.63) is 35.7 Å². The monoisotopic (exact) mass is 382 g/mol. The number of carbonyl (C=O) groups is 1. The number of amides is 1. The maximum Gasteiger partial charge on any atom is 0.234 e. The van der Waals surface area contributed by atoms with Gasteiger partial charge in [0.2, 0.25) is 17.6 Å². The molecule has 1 aromatic carbocycles. The van der Waals surface area contributed by atoms with Crippen molar-refractivity contribution in [1.82, 2.24) is 20.4 Å². The molecule has 0 unspecified atom stereocenters. The van der Waals surface area contributed by atoms with Gasteiger partial charge in [-0.3, -0.25) is 9.69 Å². The van der Waals surface area contributed by atoms with Crippen LogP contribution in [0, 0.1) is 6.92 Å². The third kappa shape index (κ3) is 4.79. The Balaban J connectivity index is 1.26. The van der Waals surface area contributed by atoms with Gasteiger partial charge in [0.25, 0.3) is 0 Å². The number of hydrogen-bond acceptors (Lipinski definition) is 5. The quantitative estimate of drug-likeness (QED) is 0.854. The second kappa shape index (κ2) is 8.86. The standard InChI is InChI=1S/C22H30N4O2/c1-16-7-9-17(10-8-16)21-24-22(28-25-21)18-11-13-26(14-12-18)15-20(27)23-19-5-3-2-4-6-19/h7-10,18-19H,2-6,11-15H2,1H3,(H,23,27). The van der Waals surface area contributed by atoms with Crippen molar-refractivity contribution < 1.29 is 9.32 Å². The van der Waals surface area contributed by atoms with Crippen LogP contribution in [0.5, 0.6) is 0 Å². The Hall–Kier alpha value is -2.21. The first kappa shape index (κ1) is 19.1. The van der Waals surface area contributed by atoms with Gasteiger partial charge in [-0.05, 0) is 45.7 Å². The van der Waals surface area contributed by atoms with Crippen molar-refractivity contribution in [2.24, 2.45) is 0 Å². The van der Waals surface area contributed by atoms with Gasteiger partial charge in [-0.1, -0.05) is 54.2 Å². The lowest BCUT2D eigenvalue weighted by molar-refractivity contribution is -0.123. The molecule has 150 valence electrons. The van der Waals surface area contributed by atoms with Crippen molar-refractivity contribution in [3.63, 3.8) is 0 Å². The van der Waals surface area contributed by atoms with Gasteiger partial charge in [0.1, 0.15) is 0 Å². The highest BCUT2D eigenvalue weighted by atomic mass is 16.5. The topological polar surface area (TPSA) is 71.3 Å². The lowest BCUT2D eigenvalue weighted by Crippen LogP contribution is -2.44. The number of nitrogens with one attached hydrogen (secondary N) is 1. The highest BCUT2D eigenvalue weighted by Crippen LogP contribution is 2.28. The maximum atomic E-state index is 12.3. The zero-order valence-electron chi connectivity index (χ0n) is 16.7. The van der Waals surface area contributed by atoms with Crippen LogP contribution in [0.25, 0.3) is 11.4 Å². The van der Waals surface area contributed by atoms with E-state index >= 15 is 0 Å². The summed E-state index contributed by atoms with van der Waals surface area (Å²) in [5.74, 6) is 1.83. The molecule has 2 heterocycles. The molecule has 4 rings (SSSR count). The van der Waals surface area contributed by atoms with Gasteiger partial charge in [-0.2, -0.15) is 4.98 Å². The molecule has 0 bridgehead atoms. The van der Waals surface area contributed by atoms with Crippen molar-refractivity contribution in [1.29, 1.82) is 0 Å². The first-order valence-corrected chi connectivity index (χ1v) is 10.6. The lowest BCUT2D eigenvalue weighted by Gasteiger charge is -2.30. The van der Waals surface area contributed by atoms with Crippen LogP contribution in [0.2, 0.25) is 0 Å². The minimum atomic E-state index is 0.171. The minimum absolute atomic E-state index is 0.171. The Labute approximate surface area is 166 Å². The molecule has 0 radical (unpaired) electrons. The van der Waals surface area contributed by atoms with E-state index < -0.39 is 0 Å². The Kier molecular flexibility index (Phi) is 6.05. The molecular formula is C22H30N4O2. The number of likely N-dealkylation sites (tertiary alicyclic amines) is 1. The summed E-state index contributed by atoms with van der Waals surface area (Å²) in [7, 11) is 0. The Morgan fingerprint density at radius 1 is 1.11 bits per heavy atom. The average Bonchev–Trinajstić information content (AvgIpc) is 3.20. The molecule has 0 atom stereocenters. The zero-order valence-corrected chi connectivity index (χ0v) is 16.7. The molecule has 28 heavy (non-hydrogen) atoms. The highest BCUT2D eigenvalue weighted by Gasteiger charge is 2.27.